The fourth-order valence-electron chi connectivity index (χ4n) is 1.86. The van der Waals surface area contributed by atoms with E-state index in [0.717, 1.165) is 5.56 Å². The van der Waals surface area contributed by atoms with E-state index in [1.54, 1.807) is 12.1 Å². The Labute approximate surface area is 114 Å². The summed E-state index contributed by atoms with van der Waals surface area (Å²) in [5, 5.41) is 11.6. The van der Waals surface area contributed by atoms with Gasteiger partial charge in [0.1, 0.15) is 0 Å². The van der Waals surface area contributed by atoms with Crippen molar-refractivity contribution in [3.05, 3.63) is 35.4 Å². The van der Waals surface area contributed by atoms with Gasteiger partial charge in [-0.2, -0.15) is 5.26 Å². The van der Waals surface area contributed by atoms with E-state index in [-0.39, 0.29) is 11.9 Å². The maximum absolute atomic E-state index is 11.9. The predicted octanol–water partition coefficient (Wildman–Crippen LogP) is 2.11. The Kier molecular flexibility index (Phi) is 5.53. The molecule has 0 bridgehead atoms. The number of hydrogen-bond donors (Lipinski definition) is 2. The van der Waals surface area contributed by atoms with Crippen LogP contribution < -0.4 is 11.1 Å². The largest absolute Gasteiger partial charge is 0.348 e. The summed E-state index contributed by atoms with van der Waals surface area (Å²) in [5.41, 5.74) is 7.41. The van der Waals surface area contributed by atoms with Gasteiger partial charge in [-0.05, 0) is 37.0 Å². The molecule has 0 saturated carbocycles. The van der Waals surface area contributed by atoms with Crippen molar-refractivity contribution < 1.29 is 4.79 Å². The van der Waals surface area contributed by atoms with Crippen molar-refractivity contribution in [2.75, 3.05) is 0 Å². The fourth-order valence-corrected chi connectivity index (χ4v) is 1.86. The summed E-state index contributed by atoms with van der Waals surface area (Å²) in [5.74, 6) is 0.261. The van der Waals surface area contributed by atoms with Gasteiger partial charge in [0.2, 0.25) is 5.91 Å². The number of amides is 1. The lowest BCUT2D eigenvalue weighted by atomic mass is 10.0. The Bertz CT molecular complexity index is 459. The van der Waals surface area contributed by atoms with Crippen molar-refractivity contribution in [3.8, 4) is 6.07 Å². The third kappa shape index (κ3) is 4.72. The first-order valence-electron chi connectivity index (χ1n) is 6.50. The van der Waals surface area contributed by atoms with E-state index in [9.17, 15) is 4.79 Å². The molecule has 4 heteroatoms. The van der Waals surface area contributed by atoms with Gasteiger partial charge in [0.15, 0.2) is 0 Å². The molecule has 0 aromatic heterocycles. The van der Waals surface area contributed by atoms with Gasteiger partial charge in [-0.3, -0.25) is 4.79 Å². The second-order valence-corrected chi connectivity index (χ2v) is 5.20. The Hall–Kier alpha value is -1.86. The lowest BCUT2D eigenvalue weighted by Crippen LogP contribution is -2.42. The van der Waals surface area contributed by atoms with E-state index in [2.05, 4.69) is 11.4 Å². The monoisotopic (exact) mass is 259 g/mol. The highest BCUT2D eigenvalue weighted by Crippen LogP contribution is 2.13. The van der Waals surface area contributed by atoms with Crippen molar-refractivity contribution in [2.24, 2.45) is 11.7 Å². The first kappa shape index (κ1) is 15.2. The molecule has 0 aliphatic heterocycles. The molecule has 1 aromatic rings. The second kappa shape index (κ2) is 6.91. The van der Waals surface area contributed by atoms with E-state index >= 15 is 0 Å². The van der Waals surface area contributed by atoms with Gasteiger partial charge in [-0.15, -0.1) is 0 Å². The molecule has 19 heavy (non-hydrogen) atoms. The number of nitrogens with two attached hydrogens (primary N) is 1. The van der Waals surface area contributed by atoms with E-state index in [1.807, 2.05) is 32.9 Å². The van der Waals surface area contributed by atoms with Crippen LogP contribution >= 0.6 is 0 Å². The molecule has 0 saturated heterocycles. The van der Waals surface area contributed by atoms with E-state index in [4.69, 9.17) is 11.0 Å². The third-order valence-corrected chi connectivity index (χ3v) is 2.96. The number of carbonyl (C=O) groups is 1. The molecule has 1 rings (SSSR count). The summed E-state index contributed by atoms with van der Waals surface area (Å²) in [7, 11) is 0. The minimum atomic E-state index is -0.471. The van der Waals surface area contributed by atoms with Crippen molar-refractivity contribution in [1.29, 1.82) is 5.26 Å². The summed E-state index contributed by atoms with van der Waals surface area (Å²) < 4.78 is 0. The molecule has 102 valence electrons. The predicted molar refractivity (Wildman–Crippen MR) is 75.1 cm³/mol. The minimum absolute atomic E-state index is 0.113. The van der Waals surface area contributed by atoms with Crippen LogP contribution in [0, 0.1) is 17.2 Å². The summed E-state index contributed by atoms with van der Waals surface area (Å²) in [4.78, 5) is 11.9. The number of hydrogen-bond acceptors (Lipinski definition) is 3. The Morgan fingerprint density at radius 2 is 1.89 bits per heavy atom. The van der Waals surface area contributed by atoms with Crippen LogP contribution in [0.1, 0.15) is 44.4 Å². The molecular weight excluding hydrogens is 238 g/mol. The maximum Gasteiger partial charge on any atom is 0.237 e. The molecular formula is C15H21N3O. The SMILES string of the molecule is CC(C)C[C@H](N)C(=O)NC(C)c1ccc(C#N)cc1. The number of nitrogens with one attached hydrogen (secondary N) is 1. The number of carbonyl (C=O) groups excluding carboxylic acids is 1. The zero-order chi connectivity index (χ0) is 14.4. The standard InChI is InChI=1S/C15H21N3O/c1-10(2)8-14(17)15(19)18-11(3)13-6-4-12(9-16)5-7-13/h4-7,10-11,14H,8,17H2,1-3H3,(H,18,19)/t11?,14-/m0/s1. The van der Waals surface area contributed by atoms with Crippen molar-refractivity contribution >= 4 is 5.91 Å². The molecule has 0 spiro atoms. The molecule has 0 radical (unpaired) electrons. The first-order chi connectivity index (χ1) is 8.93. The van der Waals surface area contributed by atoms with Crippen LogP contribution in [0.3, 0.4) is 0 Å². The molecule has 2 atom stereocenters. The Balaban J connectivity index is 2.61. The number of benzene rings is 1. The van der Waals surface area contributed by atoms with Crippen molar-refractivity contribution in [1.82, 2.24) is 5.32 Å². The minimum Gasteiger partial charge on any atom is -0.348 e. The van der Waals surface area contributed by atoms with Gasteiger partial charge < -0.3 is 11.1 Å². The molecule has 1 amide bonds. The number of nitrogens with zero attached hydrogens (tertiary/aromatic N) is 1. The summed E-state index contributed by atoms with van der Waals surface area (Å²) in [6.07, 6.45) is 0.673. The molecule has 1 aromatic carbocycles. The van der Waals surface area contributed by atoms with Crippen LogP contribution in [0.5, 0.6) is 0 Å². The molecule has 0 aliphatic rings. The van der Waals surface area contributed by atoms with Gasteiger partial charge in [0.25, 0.3) is 0 Å². The van der Waals surface area contributed by atoms with Crippen LogP contribution in [-0.4, -0.2) is 11.9 Å². The van der Waals surface area contributed by atoms with E-state index < -0.39 is 6.04 Å². The second-order valence-electron chi connectivity index (χ2n) is 5.20. The average molecular weight is 259 g/mol. The van der Waals surface area contributed by atoms with Gasteiger partial charge >= 0.3 is 0 Å². The first-order valence-corrected chi connectivity index (χ1v) is 6.50. The zero-order valence-electron chi connectivity index (χ0n) is 11.7. The van der Waals surface area contributed by atoms with Crippen molar-refractivity contribution in [3.63, 3.8) is 0 Å². The molecule has 0 fully saturated rings. The fraction of sp³-hybridized carbons (Fsp3) is 0.467. The number of rotatable bonds is 5. The summed E-state index contributed by atoms with van der Waals surface area (Å²) in [6.45, 7) is 5.98. The highest BCUT2D eigenvalue weighted by Gasteiger charge is 2.17. The smallest absolute Gasteiger partial charge is 0.237 e. The van der Waals surface area contributed by atoms with Gasteiger partial charge in [-0.25, -0.2) is 0 Å². The molecule has 0 aliphatic carbocycles. The summed E-state index contributed by atoms with van der Waals surface area (Å²) >= 11 is 0. The maximum atomic E-state index is 11.9. The molecule has 1 unspecified atom stereocenters. The average Bonchev–Trinajstić information content (AvgIpc) is 2.37. The Morgan fingerprint density at radius 1 is 1.32 bits per heavy atom. The highest BCUT2D eigenvalue weighted by atomic mass is 16.2. The van der Waals surface area contributed by atoms with Crippen LogP contribution in [0.4, 0.5) is 0 Å². The zero-order valence-corrected chi connectivity index (χ0v) is 11.7. The molecule has 4 nitrogen and oxygen atoms in total. The van der Waals surface area contributed by atoms with Crippen LogP contribution in [-0.2, 0) is 4.79 Å². The van der Waals surface area contributed by atoms with Gasteiger partial charge in [-0.1, -0.05) is 26.0 Å². The lowest BCUT2D eigenvalue weighted by Gasteiger charge is -2.19. The Morgan fingerprint density at radius 3 is 2.37 bits per heavy atom. The third-order valence-electron chi connectivity index (χ3n) is 2.96. The van der Waals surface area contributed by atoms with Gasteiger partial charge in [0, 0.05) is 0 Å². The van der Waals surface area contributed by atoms with Crippen LogP contribution in [0.25, 0.3) is 0 Å². The van der Waals surface area contributed by atoms with Crippen LogP contribution in [0.15, 0.2) is 24.3 Å². The normalized spacial score (nSPS) is 13.7. The molecule has 0 heterocycles. The molecule has 3 N–H and O–H groups in total. The van der Waals surface area contributed by atoms with Crippen LogP contribution in [0.2, 0.25) is 0 Å². The highest BCUT2D eigenvalue weighted by molar-refractivity contribution is 5.81. The van der Waals surface area contributed by atoms with E-state index in [1.165, 1.54) is 0 Å². The quantitative estimate of drug-likeness (QED) is 0.850. The topological polar surface area (TPSA) is 78.9 Å². The lowest BCUT2D eigenvalue weighted by molar-refractivity contribution is -0.123. The van der Waals surface area contributed by atoms with Crippen molar-refractivity contribution in [2.45, 2.75) is 39.3 Å². The number of nitriles is 1. The summed E-state index contributed by atoms with van der Waals surface area (Å²) in [6, 6.07) is 8.66. The van der Waals surface area contributed by atoms with Gasteiger partial charge in [0.05, 0.1) is 23.7 Å². The van der Waals surface area contributed by atoms with E-state index in [0.29, 0.717) is 17.9 Å².